The molecule has 42 valence electrons. The van der Waals surface area contributed by atoms with Crippen molar-refractivity contribution in [2.75, 3.05) is 6.61 Å². The highest BCUT2D eigenvalue weighted by molar-refractivity contribution is 9.28. The molecule has 0 saturated carbocycles. The van der Waals surface area contributed by atoms with Crippen LogP contribution < -0.4 is 0 Å². The Balaban J connectivity index is 3.72. The van der Waals surface area contributed by atoms with Crippen molar-refractivity contribution in [2.24, 2.45) is 0 Å². The summed E-state index contributed by atoms with van der Waals surface area (Å²) in [5, 5.41) is 8.39. The predicted octanol–water partition coefficient (Wildman–Crippen LogP) is 2.00. The monoisotopic (exact) mass is 228 g/mol. The molecule has 0 aliphatic rings. The van der Waals surface area contributed by atoms with E-state index in [1.54, 1.807) is 0 Å². The number of hydrogen-bond donors (Lipinski definition) is 1. The fraction of sp³-hybridized carbons (Fsp3) is 0.500. The van der Waals surface area contributed by atoms with Crippen LogP contribution in [0.5, 0.6) is 0 Å². The Labute approximate surface area is 59.7 Å². The van der Waals surface area contributed by atoms with Crippen molar-refractivity contribution in [3.05, 3.63) is 8.96 Å². The number of rotatable bonds is 1. The summed E-state index contributed by atoms with van der Waals surface area (Å²) in [4.78, 5) is 0. The molecule has 0 aromatic heterocycles. The average Bonchev–Trinajstić information content (AvgIpc) is 1.65. The summed E-state index contributed by atoms with van der Waals surface area (Å²) < 4.78 is 0.836. The van der Waals surface area contributed by atoms with Crippen LogP contribution in [0.2, 0.25) is 0 Å². The first-order valence-corrected chi connectivity index (χ1v) is 3.38. The average molecular weight is 230 g/mol. The quantitative estimate of drug-likeness (QED) is 0.730. The second kappa shape index (κ2) is 3.64. The molecule has 7 heavy (non-hydrogen) atoms. The molecule has 0 aromatic rings. The molecule has 0 aliphatic heterocycles. The fourth-order valence-corrected chi connectivity index (χ4v) is 0.311. The smallest absolute Gasteiger partial charge is 0.0658 e. The van der Waals surface area contributed by atoms with Crippen molar-refractivity contribution in [3.63, 3.8) is 0 Å². The maximum Gasteiger partial charge on any atom is 0.0658 e. The summed E-state index contributed by atoms with van der Waals surface area (Å²) in [5.74, 6) is 0. The van der Waals surface area contributed by atoms with Gasteiger partial charge in [-0.1, -0.05) is 0 Å². The van der Waals surface area contributed by atoms with Gasteiger partial charge in [-0.05, 0) is 44.4 Å². The number of hydrogen-bond acceptors (Lipinski definition) is 1. The van der Waals surface area contributed by atoms with Crippen LogP contribution in [0, 0.1) is 0 Å². The molecule has 0 spiro atoms. The number of aliphatic hydroxyl groups is 1. The molecular formula is C4H6Br2O. The van der Waals surface area contributed by atoms with Crippen molar-refractivity contribution in [2.45, 2.75) is 6.92 Å². The zero-order valence-electron chi connectivity index (χ0n) is 3.91. The standard InChI is InChI=1S/C4H6Br2O/c1-3(2-7)4(5)6/h7H,2H2,1H3. The van der Waals surface area contributed by atoms with Gasteiger partial charge in [-0.2, -0.15) is 0 Å². The highest BCUT2D eigenvalue weighted by atomic mass is 79.9. The van der Waals surface area contributed by atoms with E-state index >= 15 is 0 Å². The van der Waals surface area contributed by atoms with Gasteiger partial charge in [0, 0.05) is 0 Å². The van der Waals surface area contributed by atoms with Crippen LogP contribution in [-0.2, 0) is 0 Å². The third-order valence-corrected chi connectivity index (χ3v) is 1.91. The summed E-state index contributed by atoms with van der Waals surface area (Å²) in [7, 11) is 0. The van der Waals surface area contributed by atoms with Gasteiger partial charge in [-0.3, -0.25) is 0 Å². The van der Waals surface area contributed by atoms with Gasteiger partial charge >= 0.3 is 0 Å². The first-order chi connectivity index (χ1) is 3.18. The first kappa shape index (κ1) is 7.66. The molecule has 0 radical (unpaired) electrons. The van der Waals surface area contributed by atoms with Crippen LogP contribution in [0.25, 0.3) is 0 Å². The maximum atomic E-state index is 8.39. The highest BCUT2D eigenvalue weighted by Crippen LogP contribution is 2.17. The molecule has 0 bridgehead atoms. The SMILES string of the molecule is CC(CO)=C(Br)Br. The molecule has 3 heteroatoms. The minimum Gasteiger partial charge on any atom is -0.392 e. The Bertz CT molecular complexity index is 83.7. The van der Waals surface area contributed by atoms with Gasteiger partial charge in [0.25, 0.3) is 0 Å². The molecule has 0 rings (SSSR count). The minimum absolute atomic E-state index is 0.103. The molecule has 0 fully saturated rings. The Morgan fingerprint density at radius 1 is 1.57 bits per heavy atom. The summed E-state index contributed by atoms with van der Waals surface area (Å²) >= 11 is 6.27. The van der Waals surface area contributed by atoms with E-state index < -0.39 is 0 Å². The van der Waals surface area contributed by atoms with Crippen molar-refractivity contribution in [3.8, 4) is 0 Å². The van der Waals surface area contributed by atoms with Gasteiger partial charge in [0.15, 0.2) is 0 Å². The van der Waals surface area contributed by atoms with Gasteiger partial charge in [0.1, 0.15) is 0 Å². The minimum atomic E-state index is 0.103. The molecule has 1 nitrogen and oxygen atoms in total. The molecular weight excluding hydrogens is 224 g/mol. The lowest BCUT2D eigenvalue weighted by molar-refractivity contribution is 0.331. The zero-order valence-corrected chi connectivity index (χ0v) is 7.08. The summed E-state index contributed by atoms with van der Waals surface area (Å²) in [6.07, 6.45) is 0. The second-order valence-corrected chi connectivity index (χ2v) is 3.85. The predicted molar refractivity (Wildman–Crippen MR) is 37.6 cm³/mol. The lowest BCUT2D eigenvalue weighted by Crippen LogP contribution is -1.81. The summed E-state index contributed by atoms with van der Waals surface area (Å²) in [6.45, 7) is 1.94. The molecule has 0 aliphatic carbocycles. The molecule has 0 aromatic carbocycles. The van der Waals surface area contributed by atoms with Crippen LogP contribution in [0.1, 0.15) is 6.92 Å². The Hall–Kier alpha value is 0.660. The van der Waals surface area contributed by atoms with Gasteiger partial charge in [0.2, 0.25) is 0 Å². The summed E-state index contributed by atoms with van der Waals surface area (Å²) in [6, 6.07) is 0. The van der Waals surface area contributed by atoms with E-state index in [1.807, 2.05) is 6.92 Å². The third-order valence-electron chi connectivity index (χ3n) is 0.560. The Morgan fingerprint density at radius 3 is 2.00 bits per heavy atom. The van der Waals surface area contributed by atoms with E-state index in [-0.39, 0.29) is 6.61 Å². The van der Waals surface area contributed by atoms with E-state index in [2.05, 4.69) is 31.9 Å². The highest BCUT2D eigenvalue weighted by Gasteiger charge is 1.88. The van der Waals surface area contributed by atoms with E-state index in [0.717, 1.165) is 8.96 Å². The van der Waals surface area contributed by atoms with E-state index in [0.29, 0.717) is 0 Å². The third kappa shape index (κ3) is 3.26. The van der Waals surface area contributed by atoms with Crippen LogP contribution in [0.15, 0.2) is 8.96 Å². The second-order valence-electron chi connectivity index (χ2n) is 1.20. The van der Waals surface area contributed by atoms with Crippen molar-refractivity contribution in [1.29, 1.82) is 0 Å². The summed E-state index contributed by atoms with van der Waals surface area (Å²) in [5.41, 5.74) is 0.903. The molecule has 0 atom stereocenters. The van der Waals surface area contributed by atoms with Crippen LogP contribution in [0.4, 0.5) is 0 Å². The molecule has 1 N–H and O–H groups in total. The Morgan fingerprint density at radius 2 is 2.00 bits per heavy atom. The molecule has 0 unspecified atom stereocenters. The van der Waals surface area contributed by atoms with E-state index in [4.69, 9.17) is 5.11 Å². The first-order valence-electron chi connectivity index (χ1n) is 1.80. The van der Waals surface area contributed by atoms with Crippen LogP contribution in [-0.4, -0.2) is 11.7 Å². The van der Waals surface area contributed by atoms with E-state index in [1.165, 1.54) is 0 Å². The van der Waals surface area contributed by atoms with Gasteiger partial charge < -0.3 is 5.11 Å². The number of aliphatic hydroxyl groups excluding tert-OH is 1. The van der Waals surface area contributed by atoms with Crippen molar-refractivity contribution in [1.82, 2.24) is 0 Å². The Kier molecular flexibility index (Phi) is 3.98. The fourth-order valence-electron chi connectivity index (χ4n) is 0.0598. The maximum absolute atomic E-state index is 8.39. The van der Waals surface area contributed by atoms with Gasteiger partial charge in [-0.15, -0.1) is 0 Å². The van der Waals surface area contributed by atoms with Gasteiger partial charge in [-0.25, -0.2) is 0 Å². The lowest BCUT2D eigenvalue weighted by atomic mass is 10.4. The lowest BCUT2D eigenvalue weighted by Gasteiger charge is -1.90. The molecule has 0 heterocycles. The van der Waals surface area contributed by atoms with E-state index in [9.17, 15) is 0 Å². The topological polar surface area (TPSA) is 20.2 Å². The normalized spacial score (nSPS) is 8.57. The van der Waals surface area contributed by atoms with Crippen molar-refractivity contribution >= 4 is 31.9 Å². The van der Waals surface area contributed by atoms with Gasteiger partial charge in [0.05, 0.1) is 10.00 Å². The van der Waals surface area contributed by atoms with Crippen LogP contribution >= 0.6 is 31.9 Å². The zero-order chi connectivity index (χ0) is 5.86. The number of halogens is 2. The molecule has 0 amide bonds. The van der Waals surface area contributed by atoms with Crippen molar-refractivity contribution < 1.29 is 5.11 Å². The largest absolute Gasteiger partial charge is 0.392 e. The molecule has 0 saturated heterocycles. The van der Waals surface area contributed by atoms with Crippen LogP contribution in [0.3, 0.4) is 0 Å².